The molecule has 0 aromatic carbocycles. The van der Waals surface area contributed by atoms with Crippen molar-refractivity contribution in [2.75, 3.05) is 13.2 Å². The van der Waals surface area contributed by atoms with Crippen LogP contribution in [0.15, 0.2) is 0 Å². The minimum atomic E-state index is 0.540. The second-order valence-electron chi connectivity index (χ2n) is 3.19. The van der Waals surface area contributed by atoms with Crippen LogP contribution in [-0.2, 0) is 4.74 Å². The summed E-state index contributed by atoms with van der Waals surface area (Å²) in [5.41, 5.74) is 5.32. The number of hydrogen-bond donors (Lipinski definition) is 1. The van der Waals surface area contributed by atoms with E-state index in [1.165, 1.54) is 12.8 Å². The molecule has 0 fully saturated rings. The van der Waals surface area contributed by atoms with Crippen LogP contribution in [0.2, 0.25) is 0 Å². The molecule has 0 saturated heterocycles. The van der Waals surface area contributed by atoms with Gasteiger partial charge in [0.25, 0.3) is 0 Å². The summed E-state index contributed by atoms with van der Waals surface area (Å²) in [6, 6.07) is 0. The molecule has 3 heteroatoms. The number of ether oxygens (including phenoxy) is 1. The molecule has 0 aliphatic rings. The summed E-state index contributed by atoms with van der Waals surface area (Å²) in [6.45, 7) is 5.88. The highest BCUT2D eigenvalue weighted by molar-refractivity contribution is 7.80. The van der Waals surface area contributed by atoms with Gasteiger partial charge in [-0.1, -0.05) is 32.5 Å². The lowest BCUT2D eigenvalue weighted by molar-refractivity contribution is 0.108. The summed E-state index contributed by atoms with van der Waals surface area (Å²) >= 11 is 4.72. The maximum absolute atomic E-state index is 5.39. The molecular formula is C9H19NOS. The fourth-order valence-corrected chi connectivity index (χ4v) is 1.12. The zero-order chi connectivity index (χ0) is 9.40. The van der Waals surface area contributed by atoms with E-state index in [0.29, 0.717) is 23.9 Å². The van der Waals surface area contributed by atoms with E-state index in [-0.39, 0.29) is 0 Å². The van der Waals surface area contributed by atoms with E-state index >= 15 is 0 Å². The molecule has 0 aromatic rings. The van der Waals surface area contributed by atoms with Crippen LogP contribution < -0.4 is 5.73 Å². The summed E-state index contributed by atoms with van der Waals surface area (Å²) in [5, 5.41) is 0. The Kier molecular flexibility index (Phi) is 7.40. The Morgan fingerprint density at radius 1 is 1.58 bits per heavy atom. The average molecular weight is 189 g/mol. The largest absolute Gasteiger partial charge is 0.393 e. The number of rotatable bonds is 7. The van der Waals surface area contributed by atoms with E-state index in [4.69, 9.17) is 22.7 Å². The second kappa shape index (κ2) is 7.50. The van der Waals surface area contributed by atoms with Gasteiger partial charge in [0.05, 0.1) is 11.6 Å². The van der Waals surface area contributed by atoms with Gasteiger partial charge in [-0.2, -0.15) is 0 Å². The molecule has 0 aliphatic carbocycles. The van der Waals surface area contributed by atoms with E-state index in [9.17, 15) is 0 Å². The Labute approximate surface area is 80.5 Å². The van der Waals surface area contributed by atoms with Gasteiger partial charge >= 0.3 is 0 Å². The highest BCUT2D eigenvalue weighted by Crippen LogP contribution is 2.04. The van der Waals surface area contributed by atoms with Crippen LogP contribution in [0.3, 0.4) is 0 Å². The van der Waals surface area contributed by atoms with E-state index in [1.54, 1.807) is 0 Å². The summed E-state index contributed by atoms with van der Waals surface area (Å²) < 4.78 is 5.39. The zero-order valence-electron chi connectivity index (χ0n) is 8.01. The summed E-state index contributed by atoms with van der Waals surface area (Å²) in [4.78, 5) is 0.540. The first kappa shape index (κ1) is 11.8. The van der Waals surface area contributed by atoms with E-state index in [1.807, 2.05) is 0 Å². The quantitative estimate of drug-likeness (QED) is 0.492. The lowest BCUT2D eigenvalue weighted by Crippen LogP contribution is -2.13. The molecule has 2 N–H and O–H groups in total. The molecular weight excluding hydrogens is 170 g/mol. The van der Waals surface area contributed by atoms with Crippen LogP contribution in [-0.4, -0.2) is 18.2 Å². The van der Waals surface area contributed by atoms with Crippen LogP contribution in [0.1, 0.15) is 33.1 Å². The van der Waals surface area contributed by atoms with Gasteiger partial charge in [0.15, 0.2) is 0 Å². The minimum Gasteiger partial charge on any atom is -0.393 e. The maximum Gasteiger partial charge on any atom is 0.0750 e. The predicted molar refractivity (Wildman–Crippen MR) is 56.3 cm³/mol. The highest BCUT2D eigenvalue weighted by atomic mass is 32.1. The van der Waals surface area contributed by atoms with Crippen molar-refractivity contribution < 1.29 is 4.74 Å². The topological polar surface area (TPSA) is 35.2 Å². The van der Waals surface area contributed by atoms with Crippen LogP contribution in [0.25, 0.3) is 0 Å². The lowest BCUT2D eigenvalue weighted by atomic mass is 10.1. The van der Waals surface area contributed by atoms with Crippen LogP contribution in [0.5, 0.6) is 0 Å². The first-order chi connectivity index (χ1) is 5.66. The van der Waals surface area contributed by atoms with Gasteiger partial charge in [0.1, 0.15) is 0 Å². The Morgan fingerprint density at radius 2 is 2.25 bits per heavy atom. The van der Waals surface area contributed by atoms with Gasteiger partial charge in [-0.15, -0.1) is 0 Å². The SMILES string of the molecule is CCCC(C)COCCC(N)=S. The van der Waals surface area contributed by atoms with Crippen molar-refractivity contribution in [3.63, 3.8) is 0 Å². The third-order valence-corrected chi connectivity index (χ3v) is 1.88. The molecule has 0 aliphatic heterocycles. The smallest absolute Gasteiger partial charge is 0.0750 e. The predicted octanol–water partition coefficient (Wildman–Crippen LogP) is 2.12. The van der Waals surface area contributed by atoms with Crippen molar-refractivity contribution >= 4 is 17.2 Å². The first-order valence-electron chi connectivity index (χ1n) is 4.52. The fourth-order valence-electron chi connectivity index (χ4n) is 1.03. The van der Waals surface area contributed by atoms with E-state index < -0.39 is 0 Å². The molecule has 72 valence electrons. The van der Waals surface area contributed by atoms with Crippen LogP contribution in [0, 0.1) is 5.92 Å². The molecule has 1 unspecified atom stereocenters. The molecule has 0 spiro atoms. The molecule has 2 nitrogen and oxygen atoms in total. The first-order valence-corrected chi connectivity index (χ1v) is 4.93. The molecule has 0 saturated carbocycles. The molecule has 12 heavy (non-hydrogen) atoms. The van der Waals surface area contributed by atoms with Gasteiger partial charge in [-0.3, -0.25) is 0 Å². The summed E-state index contributed by atoms with van der Waals surface area (Å²) in [5.74, 6) is 0.654. The number of nitrogens with two attached hydrogens (primary N) is 1. The Bertz CT molecular complexity index is 128. The normalized spacial score (nSPS) is 12.8. The standard InChI is InChI=1S/C9H19NOS/c1-3-4-8(2)7-11-6-5-9(10)12/h8H,3-7H2,1-2H3,(H2,10,12). The van der Waals surface area contributed by atoms with Gasteiger partial charge in [0, 0.05) is 13.0 Å². The van der Waals surface area contributed by atoms with Crippen LogP contribution in [0.4, 0.5) is 0 Å². The average Bonchev–Trinajstić information content (AvgIpc) is 1.98. The maximum atomic E-state index is 5.39. The minimum absolute atomic E-state index is 0.540. The van der Waals surface area contributed by atoms with Gasteiger partial charge < -0.3 is 10.5 Å². The molecule has 0 bridgehead atoms. The second-order valence-corrected chi connectivity index (χ2v) is 3.71. The van der Waals surface area contributed by atoms with E-state index in [0.717, 1.165) is 6.61 Å². The van der Waals surface area contributed by atoms with Crippen molar-refractivity contribution in [2.45, 2.75) is 33.1 Å². The van der Waals surface area contributed by atoms with Crippen molar-refractivity contribution in [3.05, 3.63) is 0 Å². The Morgan fingerprint density at radius 3 is 2.75 bits per heavy atom. The van der Waals surface area contributed by atoms with Crippen molar-refractivity contribution in [3.8, 4) is 0 Å². The summed E-state index contributed by atoms with van der Waals surface area (Å²) in [7, 11) is 0. The van der Waals surface area contributed by atoms with Crippen molar-refractivity contribution in [2.24, 2.45) is 11.7 Å². The number of hydrogen-bond acceptors (Lipinski definition) is 2. The highest BCUT2D eigenvalue weighted by Gasteiger charge is 1.99. The zero-order valence-corrected chi connectivity index (χ0v) is 8.82. The number of thiocarbonyl (C=S) groups is 1. The molecule has 0 amide bonds. The summed E-state index contributed by atoms with van der Waals surface area (Å²) in [6.07, 6.45) is 3.15. The van der Waals surface area contributed by atoms with Gasteiger partial charge in [-0.05, 0) is 12.3 Å². The van der Waals surface area contributed by atoms with Crippen LogP contribution >= 0.6 is 12.2 Å². The molecule has 1 atom stereocenters. The lowest BCUT2D eigenvalue weighted by Gasteiger charge is -2.09. The monoisotopic (exact) mass is 189 g/mol. The molecule has 0 rings (SSSR count). The van der Waals surface area contributed by atoms with Crippen molar-refractivity contribution in [1.82, 2.24) is 0 Å². The van der Waals surface area contributed by atoms with Gasteiger partial charge in [0.2, 0.25) is 0 Å². The van der Waals surface area contributed by atoms with Crippen molar-refractivity contribution in [1.29, 1.82) is 0 Å². The molecule has 0 radical (unpaired) electrons. The molecule has 0 aromatic heterocycles. The fraction of sp³-hybridized carbons (Fsp3) is 0.889. The van der Waals surface area contributed by atoms with Gasteiger partial charge in [-0.25, -0.2) is 0 Å². The van der Waals surface area contributed by atoms with E-state index in [2.05, 4.69) is 13.8 Å². The Balaban J connectivity index is 3.13. The molecule has 0 heterocycles. The third-order valence-electron chi connectivity index (χ3n) is 1.68. The Hall–Kier alpha value is -0.150. The third kappa shape index (κ3) is 7.95.